The van der Waals surface area contributed by atoms with Gasteiger partial charge in [-0.15, -0.1) is 0 Å². The fourth-order valence-electron chi connectivity index (χ4n) is 2.85. The number of carbonyl (C=O) groups excluding carboxylic acids is 2. The largest absolute Gasteiger partial charge is 0.457 e. The molecule has 0 atom stereocenters. The minimum absolute atomic E-state index is 0.216. The molecule has 0 bridgehead atoms. The Balaban J connectivity index is 1.43. The van der Waals surface area contributed by atoms with Crippen LogP contribution in [0.5, 0.6) is 23.0 Å². The molecular weight excluding hydrogens is 392 g/mol. The van der Waals surface area contributed by atoms with Crippen LogP contribution in [0.2, 0.25) is 0 Å². The lowest BCUT2D eigenvalue weighted by Gasteiger charge is -2.15. The number of ether oxygens (including phenoxy) is 3. The molecule has 1 fully saturated rings. The third kappa shape index (κ3) is 4.38. The van der Waals surface area contributed by atoms with Gasteiger partial charge in [0.05, 0.1) is 4.91 Å². The summed E-state index contributed by atoms with van der Waals surface area (Å²) in [7, 11) is 3.81. The van der Waals surface area contributed by atoms with Crippen molar-refractivity contribution in [1.82, 2.24) is 9.80 Å². The van der Waals surface area contributed by atoms with Crippen molar-refractivity contribution in [3.8, 4) is 23.0 Å². The fraction of sp³-hybridized carbons (Fsp3) is 0.238. The van der Waals surface area contributed by atoms with E-state index in [9.17, 15) is 9.59 Å². The number of nitrogens with zero attached hydrogens (tertiary/aromatic N) is 2. The number of thioether (sulfide) groups is 1. The van der Waals surface area contributed by atoms with Crippen LogP contribution in [0, 0.1) is 0 Å². The number of likely N-dealkylation sites (N-methyl/N-ethyl adjacent to an activating group) is 1. The molecule has 2 aliphatic rings. The number of hydrogen-bond acceptors (Lipinski definition) is 7. The molecule has 0 N–H and O–H groups in total. The van der Waals surface area contributed by atoms with E-state index in [4.69, 9.17) is 14.2 Å². The number of amides is 2. The lowest BCUT2D eigenvalue weighted by Crippen LogP contribution is -2.34. The van der Waals surface area contributed by atoms with Crippen molar-refractivity contribution in [3.63, 3.8) is 0 Å². The summed E-state index contributed by atoms with van der Waals surface area (Å²) in [6.45, 7) is 1.24. The van der Waals surface area contributed by atoms with Crippen molar-refractivity contribution in [2.24, 2.45) is 0 Å². The van der Waals surface area contributed by atoms with Crippen molar-refractivity contribution in [3.05, 3.63) is 52.9 Å². The van der Waals surface area contributed by atoms with Crippen LogP contribution in [-0.2, 0) is 4.79 Å². The van der Waals surface area contributed by atoms with E-state index in [1.165, 1.54) is 4.90 Å². The number of imide groups is 1. The third-order valence-corrected chi connectivity index (χ3v) is 5.31. The van der Waals surface area contributed by atoms with E-state index in [1.54, 1.807) is 18.2 Å². The van der Waals surface area contributed by atoms with E-state index >= 15 is 0 Å². The maximum Gasteiger partial charge on any atom is 0.293 e. The van der Waals surface area contributed by atoms with E-state index in [2.05, 4.69) is 0 Å². The standard InChI is InChI=1S/C21H20N2O5S/c1-22(2)9-10-23-20(24)19(29-21(23)25)11-14-3-5-15(6-4-14)28-16-7-8-17-18(12-16)27-13-26-17/h3-8,11-12H,9-10,13H2,1-2H3/b19-11-. The number of carbonyl (C=O) groups is 2. The Bertz CT molecular complexity index is 972. The molecule has 0 spiro atoms. The summed E-state index contributed by atoms with van der Waals surface area (Å²) in [6.07, 6.45) is 1.73. The molecule has 1 saturated heterocycles. The molecule has 150 valence electrons. The van der Waals surface area contributed by atoms with E-state index < -0.39 is 0 Å². The highest BCUT2D eigenvalue weighted by Gasteiger charge is 2.34. The normalized spacial score (nSPS) is 16.9. The zero-order valence-corrected chi connectivity index (χ0v) is 16.9. The Morgan fingerprint density at radius 2 is 1.79 bits per heavy atom. The van der Waals surface area contributed by atoms with Crippen LogP contribution in [0.1, 0.15) is 5.56 Å². The second-order valence-corrected chi connectivity index (χ2v) is 7.82. The van der Waals surface area contributed by atoms with Crippen molar-refractivity contribution in [2.45, 2.75) is 0 Å². The van der Waals surface area contributed by atoms with Gasteiger partial charge in [0.25, 0.3) is 11.1 Å². The van der Waals surface area contributed by atoms with Crippen molar-refractivity contribution < 1.29 is 23.8 Å². The van der Waals surface area contributed by atoms with Crippen LogP contribution in [-0.4, -0.2) is 54.9 Å². The third-order valence-electron chi connectivity index (χ3n) is 4.40. The Labute approximate surface area is 172 Å². The van der Waals surface area contributed by atoms with Crippen molar-refractivity contribution in [2.75, 3.05) is 34.0 Å². The van der Waals surface area contributed by atoms with Crippen LogP contribution in [0.15, 0.2) is 47.4 Å². The van der Waals surface area contributed by atoms with E-state index in [0.29, 0.717) is 41.0 Å². The van der Waals surface area contributed by atoms with E-state index in [1.807, 2.05) is 49.3 Å². The highest BCUT2D eigenvalue weighted by atomic mass is 32.2. The molecule has 2 aromatic carbocycles. The lowest BCUT2D eigenvalue weighted by atomic mass is 10.2. The van der Waals surface area contributed by atoms with Crippen LogP contribution in [0.4, 0.5) is 4.79 Å². The van der Waals surface area contributed by atoms with E-state index in [0.717, 1.165) is 17.3 Å². The zero-order chi connectivity index (χ0) is 20.4. The second-order valence-electron chi connectivity index (χ2n) is 6.82. The summed E-state index contributed by atoms with van der Waals surface area (Å²) in [4.78, 5) is 28.2. The Morgan fingerprint density at radius 1 is 1.07 bits per heavy atom. The van der Waals surface area contributed by atoms with Crippen LogP contribution in [0.3, 0.4) is 0 Å². The molecule has 0 aromatic heterocycles. The molecule has 0 saturated carbocycles. The van der Waals surface area contributed by atoms with Gasteiger partial charge in [-0.25, -0.2) is 0 Å². The fourth-order valence-corrected chi connectivity index (χ4v) is 3.72. The molecule has 4 rings (SSSR count). The van der Waals surface area contributed by atoms with Crippen LogP contribution < -0.4 is 14.2 Å². The SMILES string of the molecule is CN(C)CCN1C(=O)S/C(=C\c2ccc(Oc3ccc4c(c3)OCO4)cc2)C1=O. The molecule has 0 aliphatic carbocycles. The smallest absolute Gasteiger partial charge is 0.293 e. The molecule has 2 amide bonds. The monoisotopic (exact) mass is 412 g/mol. The zero-order valence-electron chi connectivity index (χ0n) is 16.1. The summed E-state index contributed by atoms with van der Waals surface area (Å²) in [5.41, 5.74) is 0.821. The van der Waals surface area contributed by atoms with Gasteiger partial charge in [0.15, 0.2) is 11.5 Å². The van der Waals surface area contributed by atoms with Gasteiger partial charge < -0.3 is 19.1 Å². The molecule has 2 heterocycles. The van der Waals surface area contributed by atoms with Gasteiger partial charge in [-0.3, -0.25) is 14.5 Å². The van der Waals surface area contributed by atoms with Crippen molar-refractivity contribution in [1.29, 1.82) is 0 Å². The average Bonchev–Trinajstić information content (AvgIpc) is 3.26. The predicted octanol–water partition coefficient (Wildman–Crippen LogP) is 3.81. The highest BCUT2D eigenvalue weighted by Crippen LogP contribution is 2.37. The number of fused-ring (bicyclic) bond motifs is 1. The Morgan fingerprint density at radius 3 is 2.55 bits per heavy atom. The quantitative estimate of drug-likeness (QED) is 0.669. The van der Waals surface area contributed by atoms with Gasteiger partial charge in [-0.2, -0.15) is 0 Å². The second kappa shape index (κ2) is 8.18. The molecule has 0 radical (unpaired) electrons. The van der Waals surface area contributed by atoms with Gasteiger partial charge in [0, 0.05) is 19.2 Å². The molecule has 2 aliphatic heterocycles. The average molecular weight is 412 g/mol. The van der Waals surface area contributed by atoms with Gasteiger partial charge in [-0.1, -0.05) is 12.1 Å². The predicted molar refractivity (Wildman–Crippen MR) is 110 cm³/mol. The van der Waals surface area contributed by atoms with Gasteiger partial charge in [0.2, 0.25) is 6.79 Å². The molecule has 0 unspecified atom stereocenters. The molecule has 29 heavy (non-hydrogen) atoms. The maximum absolute atomic E-state index is 12.5. The van der Waals surface area contributed by atoms with Gasteiger partial charge in [0.1, 0.15) is 11.5 Å². The Hall–Kier alpha value is -2.97. The van der Waals surface area contributed by atoms with Crippen LogP contribution >= 0.6 is 11.8 Å². The molecule has 8 heteroatoms. The van der Waals surface area contributed by atoms with Gasteiger partial charge in [-0.05, 0) is 61.8 Å². The Kier molecular flexibility index (Phi) is 5.46. The number of hydrogen-bond donors (Lipinski definition) is 0. The number of benzene rings is 2. The summed E-state index contributed by atoms with van der Waals surface area (Å²) >= 11 is 0.969. The minimum Gasteiger partial charge on any atom is -0.457 e. The first-order valence-electron chi connectivity index (χ1n) is 9.07. The topological polar surface area (TPSA) is 68.3 Å². The van der Waals surface area contributed by atoms with Crippen LogP contribution in [0.25, 0.3) is 6.08 Å². The molecular formula is C21H20N2O5S. The van der Waals surface area contributed by atoms with E-state index in [-0.39, 0.29) is 17.9 Å². The first-order valence-corrected chi connectivity index (χ1v) is 9.89. The summed E-state index contributed by atoms with van der Waals surface area (Å²) in [6, 6.07) is 12.7. The van der Waals surface area contributed by atoms with Gasteiger partial charge >= 0.3 is 0 Å². The summed E-state index contributed by atoms with van der Waals surface area (Å²) < 4.78 is 16.5. The summed E-state index contributed by atoms with van der Waals surface area (Å²) in [5.74, 6) is 2.41. The summed E-state index contributed by atoms with van der Waals surface area (Å²) in [5, 5.41) is -0.231. The van der Waals surface area contributed by atoms with Crippen molar-refractivity contribution >= 4 is 29.0 Å². The number of rotatable bonds is 6. The minimum atomic E-state index is -0.248. The lowest BCUT2D eigenvalue weighted by molar-refractivity contribution is -0.122. The maximum atomic E-state index is 12.5. The highest BCUT2D eigenvalue weighted by molar-refractivity contribution is 8.18. The molecule has 2 aromatic rings. The first-order chi connectivity index (χ1) is 14.0. The molecule has 7 nitrogen and oxygen atoms in total. The first kappa shape index (κ1) is 19.4.